The monoisotopic (exact) mass is 394 g/mol. The molecule has 0 fully saturated rings. The fourth-order valence-corrected chi connectivity index (χ4v) is 2.73. The lowest BCUT2D eigenvalue weighted by molar-refractivity contribution is 0.0526. The molecule has 7 heteroatoms. The van der Waals surface area contributed by atoms with Crippen LogP contribution in [0.1, 0.15) is 44.7 Å². The van der Waals surface area contributed by atoms with Crippen molar-refractivity contribution in [1.29, 1.82) is 0 Å². The number of ether oxygens (including phenoxy) is 2. The molecule has 0 aliphatic rings. The first kappa shape index (κ1) is 20.1. The summed E-state index contributed by atoms with van der Waals surface area (Å²) in [5.74, 6) is 0.517. The summed E-state index contributed by atoms with van der Waals surface area (Å²) in [6, 6.07) is 13.5. The van der Waals surface area contributed by atoms with Gasteiger partial charge in [-0.05, 0) is 57.2 Å². The highest BCUT2D eigenvalue weighted by Gasteiger charge is 2.12. The number of nitrogens with one attached hydrogen (secondary N) is 1. The molecule has 0 saturated heterocycles. The molecule has 3 rings (SSSR count). The van der Waals surface area contributed by atoms with E-state index < -0.39 is 5.97 Å². The smallest absolute Gasteiger partial charge is 0.338 e. The molecule has 3 aromatic rings. The second-order valence-corrected chi connectivity index (χ2v) is 6.37. The van der Waals surface area contributed by atoms with Gasteiger partial charge < -0.3 is 19.3 Å². The van der Waals surface area contributed by atoms with E-state index in [1.807, 2.05) is 13.8 Å². The normalized spacial score (nSPS) is 10.4. The number of benzene rings is 2. The van der Waals surface area contributed by atoms with Gasteiger partial charge in [-0.15, -0.1) is 0 Å². The Kier molecular flexibility index (Phi) is 6.29. The standard InChI is InChI=1S/C22H22N2O5/c1-4-27-22(26)17-8-5-9-18(11-17)23-21(25)16-7-6-10-19(12-16)28-13-20-14(2)24-29-15(20)3/h5-12H,4,13H2,1-3H3,(H,23,25). The molecule has 0 spiro atoms. The summed E-state index contributed by atoms with van der Waals surface area (Å²) in [6.07, 6.45) is 0. The minimum Gasteiger partial charge on any atom is -0.489 e. The number of rotatable bonds is 7. The van der Waals surface area contributed by atoms with Gasteiger partial charge in [0.25, 0.3) is 5.91 Å². The summed E-state index contributed by atoms with van der Waals surface area (Å²) < 4.78 is 15.9. The number of hydrogen-bond acceptors (Lipinski definition) is 6. The van der Waals surface area contributed by atoms with Crippen LogP contribution in [-0.2, 0) is 11.3 Å². The number of anilines is 1. The highest BCUT2D eigenvalue weighted by molar-refractivity contribution is 6.05. The van der Waals surface area contributed by atoms with Crippen LogP contribution in [0.3, 0.4) is 0 Å². The van der Waals surface area contributed by atoms with Gasteiger partial charge in [0.15, 0.2) is 0 Å². The van der Waals surface area contributed by atoms with Gasteiger partial charge in [-0.25, -0.2) is 4.79 Å². The molecule has 1 aromatic heterocycles. The molecule has 0 unspecified atom stereocenters. The first-order chi connectivity index (χ1) is 14.0. The van der Waals surface area contributed by atoms with Crippen molar-refractivity contribution in [1.82, 2.24) is 5.16 Å². The number of carbonyl (C=O) groups is 2. The lowest BCUT2D eigenvalue weighted by Gasteiger charge is -2.09. The van der Waals surface area contributed by atoms with Crippen LogP contribution in [-0.4, -0.2) is 23.6 Å². The molecule has 7 nitrogen and oxygen atoms in total. The maximum absolute atomic E-state index is 12.6. The minimum atomic E-state index is -0.432. The zero-order valence-electron chi connectivity index (χ0n) is 16.5. The van der Waals surface area contributed by atoms with Gasteiger partial charge in [0.2, 0.25) is 0 Å². The number of aromatic nitrogens is 1. The number of nitrogens with zero attached hydrogens (tertiary/aromatic N) is 1. The van der Waals surface area contributed by atoms with Crippen LogP contribution in [0.15, 0.2) is 53.1 Å². The van der Waals surface area contributed by atoms with E-state index in [9.17, 15) is 9.59 Å². The van der Waals surface area contributed by atoms with Crippen molar-refractivity contribution in [2.75, 3.05) is 11.9 Å². The van der Waals surface area contributed by atoms with Crippen LogP contribution < -0.4 is 10.1 Å². The van der Waals surface area contributed by atoms with Crippen molar-refractivity contribution in [3.63, 3.8) is 0 Å². The highest BCUT2D eigenvalue weighted by atomic mass is 16.5. The fraction of sp³-hybridized carbons (Fsp3) is 0.227. The van der Waals surface area contributed by atoms with Crippen LogP contribution in [0.5, 0.6) is 5.75 Å². The van der Waals surface area contributed by atoms with E-state index in [0.29, 0.717) is 34.9 Å². The molecule has 150 valence electrons. The molecule has 0 saturated carbocycles. The molecule has 29 heavy (non-hydrogen) atoms. The molecule has 1 N–H and O–H groups in total. The van der Waals surface area contributed by atoms with Crippen molar-refractivity contribution in [3.8, 4) is 5.75 Å². The Morgan fingerprint density at radius 3 is 2.55 bits per heavy atom. The van der Waals surface area contributed by atoms with E-state index in [1.165, 1.54) is 0 Å². The van der Waals surface area contributed by atoms with Gasteiger partial charge >= 0.3 is 5.97 Å². The van der Waals surface area contributed by atoms with Crippen molar-refractivity contribution >= 4 is 17.6 Å². The van der Waals surface area contributed by atoms with Gasteiger partial charge in [-0.2, -0.15) is 0 Å². The molecular weight excluding hydrogens is 372 g/mol. The van der Waals surface area contributed by atoms with Crippen molar-refractivity contribution in [2.45, 2.75) is 27.4 Å². The van der Waals surface area contributed by atoms with Crippen molar-refractivity contribution in [3.05, 3.63) is 76.7 Å². The van der Waals surface area contributed by atoms with Crippen molar-refractivity contribution in [2.24, 2.45) is 0 Å². The number of esters is 1. The van der Waals surface area contributed by atoms with E-state index >= 15 is 0 Å². The lowest BCUT2D eigenvalue weighted by Crippen LogP contribution is -2.13. The molecule has 2 aromatic carbocycles. The third kappa shape index (κ3) is 5.01. The van der Waals surface area contributed by atoms with Crippen molar-refractivity contribution < 1.29 is 23.6 Å². The van der Waals surface area contributed by atoms with E-state index in [-0.39, 0.29) is 12.5 Å². The second-order valence-electron chi connectivity index (χ2n) is 6.37. The molecule has 0 aliphatic carbocycles. The van der Waals surface area contributed by atoms with Gasteiger partial charge in [0.1, 0.15) is 18.1 Å². The summed E-state index contributed by atoms with van der Waals surface area (Å²) in [6.45, 7) is 6.00. The van der Waals surface area contributed by atoms with Gasteiger partial charge in [-0.1, -0.05) is 17.3 Å². The summed E-state index contributed by atoms with van der Waals surface area (Å²) >= 11 is 0. The topological polar surface area (TPSA) is 90.7 Å². The predicted molar refractivity (Wildman–Crippen MR) is 107 cm³/mol. The molecule has 0 atom stereocenters. The third-order valence-electron chi connectivity index (χ3n) is 4.29. The highest BCUT2D eigenvalue weighted by Crippen LogP contribution is 2.20. The van der Waals surface area contributed by atoms with Gasteiger partial charge in [0, 0.05) is 11.3 Å². The molecule has 0 aliphatic heterocycles. The lowest BCUT2D eigenvalue weighted by atomic mass is 10.1. The molecule has 1 amide bonds. The first-order valence-electron chi connectivity index (χ1n) is 9.21. The van der Waals surface area contributed by atoms with Gasteiger partial charge in [0.05, 0.1) is 23.4 Å². The van der Waals surface area contributed by atoms with Crippen LogP contribution in [0.2, 0.25) is 0 Å². The largest absolute Gasteiger partial charge is 0.489 e. The average molecular weight is 394 g/mol. The van der Waals surface area contributed by atoms with E-state index in [4.69, 9.17) is 14.0 Å². The number of amides is 1. The Morgan fingerprint density at radius 1 is 1.07 bits per heavy atom. The summed E-state index contributed by atoms with van der Waals surface area (Å²) in [5, 5.41) is 6.68. The molecule has 0 bridgehead atoms. The predicted octanol–water partition coefficient (Wildman–Crippen LogP) is 4.30. The Bertz CT molecular complexity index is 1010. The Balaban J connectivity index is 1.68. The number of hydrogen-bond donors (Lipinski definition) is 1. The van der Waals surface area contributed by atoms with E-state index in [0.717, 1.165) is 11.3 Å². The third-order valence-corrected chi connectivity index (χ3v) is 4.29. The Morgan fingerprint density at radius 2 is 1.83 bits per heavy atom. The van der Waals surface area contributed by atoms with Crippen LogP contribution in [0.25, 0.3) is 0 Å². The Hall–Kier alpha value is -3.61. The molecular formula is C22H22N2O5. The van der Waals surface area contributed by atoms with E-state index in [2.05, 4.69) is 10.5 Å². The SMILES string of the molecule is CCOC(=O)c1cccc(NC(=O)c2cccc(OCc3c(C)noc3C)c2)c1. The van der Waals surface area contributed by atoms with Gasteiger partial charge in [-0.3, -0.25) is 4.79 Å². The number of aryl methyl sites for hydroxylation is 2. The second kappa shape index (κ2) is 9.05. The summed E-state index contributed by atoms with van der Waals surface area (Å²) in [5.41, 5.74) is 2.97. The first-order valence-corrected chi connectivity index (χ1v) is 9.21. The zero-order valence-corrected chi connectivity index (χ0v) is 16.5. The average Bonchev–Trinajstić information content (AvgIpc) is 3.04. The fourth-order valence-electron chi connectivity index (χ4n) is 2.73. The summed E-state index contributed by atoms with van der Waals surface area (Å²) in [4.78, 5) is 24.5. The molecule has 0 radical (unpaired) electrons. The van der Waals surface area contributed by atoms with E-state index in [1.54, 1.807) is 55.5 Å². The van der Waals surface area contributed by atoms with Crippen LogP contribution >= 0.6 is 0 Å². The minimum absolute atomic E-state index is 0.288. The number of carbonyl (C=O) groups excluding carboxylic acids is 2. The quantitative estimate of drug-likeness (QED) is 0.601. The van der Waals surface area contributed by atoms with Crippen LogP contribution in [0.4, 0.5) is 5.69 Å². The van der Waals surface area contributed by atoms with Crippen LogP contribution in [0, 0.1) is 13.8 Å². The maximum Gasteiger partial charge on any atom is 0.338 e. The zero-order chi connectivity index (χ0) is 20.8. The molecule has 1 heterocycles. The summed E-state index contributed by atoms with van der Waals surface area (Å²) in [7, 11) is 0. The maximum atomic E-state index is 12.6. The Labute approximate surface area is 168 Å².